The molecule has 0 saturated heterocycles. The molecule has 4 nitrogen and oxygen atoms in total. The van der Waals surface area contributed by atoms with Crippen molar-refractivity contribution in [1.82, 2.24) is 0 Å². The van der Waals surface area contributed by atoms with Gasteiger partial charge in [0.25, 0.3) is 16.5 Å². The number of hydrogen-bond donors (Lipinski definition) is 2. The van der Waals surface area contributed by atoms with E-state index in [4.69, 9.17) is 39.4 Å². The Balaban J connectivity index is 3.47. The Labute approximate surface area is 109 Å². The molecule has 0 aromatic heterocycles. The van der Waals surface area contributed by atoms with Crippen LogP contribution in [0, 0.1) is 6.92 Å². The van der Waals surface area contributed by atoms with E-state index in [1.807, 2.05) is 0 Å². The smallest absolute Gasteiger partial charge is 0.259 e. The lowest BCUT2D eigenvalue weighted by atomic mass is 10.1. The van der Waals surface area contributed by atoms with Gasteiger partial charge in [0.1, 0.15) is 0 Å². The van der Waals surface area contributed by atoms with E-state index in [9.17, 15) is 9.00 Å². The third-order valence-corrected chi connectivity index (χ3v) is 3.32. The zero-order valence-electron chi connectivity index (χ0n) is 7.88. The van der Waals surface area contributed by atoms with Crippen molar-refractivity contribution < 1.29 is 13.6 Å². The molecule has 1 rings (SSSR count). The number of carbonyl (C=O) groups excluding carboxylic acids is 1. The van der Waals surface area contributed by atoms with Crippen LogP contribution in [0.15, 0.2) is 6.07 Å². The van der Waals surface area contributed by atoms with Crippen molar-refractivity contribution in [2.24, 2.45) is 0 Å². The minimum absolute atomic E-state index is 0.00373. The third kappa shape index (κ3) is 2.87. The van der Waals surface area contributed by atoms with Gasteiger partial charge in [-0.2, -0.15) is 0 Å². The molecule has 0 spiro atoms. The van der Waals surface area contributed by atoms with Crippen LogP contribution in [0.3, 0.4) is 0 Å². The number of halogens is 3. The van der Waals surface area contributed by atoms with E-state index in [-0.39, 0.29) is 21.3 Å². The number of benzene rings is 1. The molecule has 1 aromatic rings. The van der Waals surface area contributed by atoms with E-state index >= 15 is 0 Å². The first-order valence-electron chi connectivity index (χ1n) is 3.90. The van der Waals surface area contributed by atoms with Crippen LogP contribution in [0.25, 0.3) is 0 Å². The Bertz CT molecular complexity index is 478. The molecular formula is C8H6Cl3NO3S. The molecule has 0 aliphatic heterocycles. The van der Waals surface area contributed by atoms with Crippen LogP contribution >= 0.6 is 34.8 Å². The predicted molar refractivity (Wildman–Crippen MR) is 65.8 cm³/mol. The molecule has 1 atom stereocenters. The Hall–Kier alpha value is -0.330. The third-order valence-electron chi connectivity index (χ3n) is 1.86. The standard InChI is InChI=1S/C8H6Cl3NO3S/c1-3-6(10)5(9)2-4(8(11)13)7(3)12-16(14)15/h2,12H,1H3,(H,14,15). The Morgan fingerprint density at radius 2 is 2.06 bits per heavy atom. The van der Waals surface area contributed by atoms with Gasteiger partial charge in [0.15, 0.2) is 0 Å². The fraction of sp³-hybridized carbons (Fsp3) is 0.125. The maximum absolute atomic E-state index is 11.1. The fourth-order valence-electron chi connectivity index (χ4n) is 1.13. The van der Waals surface area contributed by atoms with Crippen molar-refractivity contribution in [3.05, 3.63) is 27.2 Å². The molecule has 0 amide bonds. The van der Waals surface area contributed by atoms with Crippen LogP contribution in [0.2, 0.25) is 10.0 Å². The summed E-state index contributed by atoms with van der Waals surface area (Å²) in [5.41, 5.74) is 0.465. The summed E-state index contributed by atoms with van der Waals surface area (Å²) in [5.74, 6) is 0. The van der Waals surface area contributed by atoms with Crippen LogP contribution in [-0.4, -0.2) is 14.0 Å². The molecule has 0 fully saturated rings. The molecule has 0 bridgehead atoms. The van der Waals surface area contributed by atoms with Gasteiger partial charge in [0, 0.05) is 0 Å². The molecule has 0 radical (unpaired) electrons. The van der Waals surface area contributed by atoms with Crippen molar-refractivity contribution in [2.75, 3.05) is 4.72 Å². The monoisotopic (exact) mass is 301 g/mol. The van der Waals surface area contributed by atoms with Gasteiger partial charge in [0.05, 0.1) is 21.3 Å². The van der Waals surface area contributed by atoms with Crippen LogP contribution in [-0.2, 0) is 11.3 Å². The van der Waals surface area contributed by atoms with Gasteiger partial charge >= 0.3 is 0 Å². The molecule has 88 valence electrons. The van der Waals surface area contributed by atoms with Crippen LogP contribution in [0.5, 0.6) is 0 Å². The van der Waals surface area contributed by atoms with Gasteiger partial charge in [-0.15, -0.1) is 0 Å². The lowest BCUT2D eigenvalue weighted by molar-refractivity contribution is 0.108. The molecule has 0 saturated carbocycles. The second kappa shape index (κ2) is 5.33. The van der Waals surface area contributed by atoms with Crippen molar-refractivity contribution in [3.63, 3.8) is 0 Å². The lowest BCUT2D eigenvalue weighted by Gasteiger charge is -2.12. The highest BCUT2D eigenvalue weighted by Crippen LogP contribution is 2.35. The highest BCUT2D eigenvalue weighted by molar-refractivity contribution is 7.80. The van der Waals surface area contributed by atoms with E-state index in [1.54, 1.807) is 6.92 Å². The molecule has 8 heteroatoms. The Morgan fingerprint density at radius 1 is 1.50 bits per heavy atom. The Morgan fingerprint density at radius 3 is 2.50 bits per heavy atom. The van der Waals surface area contributed by atoms with E-state index in [0.29, 0.717) is 5.56 Å². The first-order valence-corrected chi connectivity index (χ1v) is 6.14. The topological polar surface area (TPSA) is 66.4 Å². The quantitative estimate of drug-likeness (QED) is 0.665. The van der Waals surface area contributed by atoms with E-state index in [2.05, 4.69) is 4.72 Å². The minimum atomic E-state index is -2.33. The molecule has 0 heterocycles. The highest BCUT2D eigenvalue weighted by atomic mass is 35.5. The van der Waals surface area contributed by atoms with Gasteiger partial charge in [0.2, 0.25) is 0 Å². The second-order valence-electron chi connectivity index (χ2n) is 2.84. The average molecular weight is 303 g/mol. The number of anilines is 1. The molecule has 0 aliphatic carbocycles. The van der Waals surface area contributed by atoms with Crippen molar-refractivity contribution in [2.45, 2.75) is 6.92 Å². The minimum Gasteiger partial charge on any atom is -0.289 e. The molecule has 1 aromatic carbocycles. The molecular weight excluding hydrogens is 297 g/mol. The van der Waals surface area contributed by atoms with Crippen molar-refractivity contribution >= 4 is 57.0 Å². The van der Waals surface area contributed by atoms with Gasteiger partial charge in [-0.25, -0.2) is 4.21 Å². The van der Waals surface area contributed by atoms with Crippen LogP contribution < -0.4 is 4.72 Å². The number of hydrogen-bond acceptors (Lipinski definition) is 2. The zero-order chi connectivity index (χ0) is 12.5. The summed E-state index contributed by atoms with van der Waals surface area (Å²) in [6.45, 7) is 1.55. The van der Waals surface area contributed by atoms with E-state index < -0.39 is 16.5 Å². The SMILES string of the molecule is Cc1c(Cl)c(Cl)cc(C(=O)Cl)c1NS(=O)O. The molecule has 2 N–H and O–H groups in total. The first-order chi connectivity index (χ1) is 7.34. The summed E-state index contributed by atoms with van der Waals surface area (Å²) >= 11 is 14.6. The summed E-state index contributed by atoms with van der Waals surface area (Å²) in [6, 6.07) is 1.24. The summed E-state index contributed by atoms with van der Waals surface area (Å²) in [5, 5.41) is -0.455. The van der Waals surface area contributed by atoms with E-state index in [0.717, 1.165) is 0 Å². The summed E-state index contributed by atoms with van der Waals surface area (Å²) in [7, 11) is 0. The average Bonchev–Trinajstić information content (AvgIpc) is 2.17. The van der Waals surface area contributed by atoms with Gasteiger partial charge < -0.3 is 0 Å². The summed E-state index contributed by atoms with van der Waals surface area (Å²) < 4.78 is 21.6. The van der Waals surface area contributed by atoms with Crippen molar-refractivity contribution in [1.29, 1.82) is 0 Å². The number of rotatable bonds is 3. The van der Waals surface area contributed by atoms with Gasteiger partial charge in [-0.3, -0.25) is 14.1 Å². The molecule has 0 aliphatic rings. The fourth-order valence-corrected chi connectivity index (χ4v) is 2.11. The van der Waals surface area contributed by atoms with Crippen molar-refractivity contribution in [3.8, 4) is 0 Å². The number of nitrogens with one attached hydrogen (secondary N) is 1. The van der Waals surface area contributed by atoms with E-state index in [1.165, 1.54) is 6.07 Å². The first kappa shape index (κ1) is 13.7. The highest BCUT2D eigenvalue weighted by Gasteiger charge is 2.18. The van der Waals surface area contributed by atoms with Gasteiger partial charge in [-0.05, 0) is 30.2 Å². The zero-order valence-corrected chi connectivity index (χ0v) is 11.0. The Kier molecular flexibility index (Phi) is 4.58. The molecule has 1 unspecified atom stereocenters. The summed E-state index contributed by atoms with van der Waals surface area (Å²) in [6.07, 6.45) is 0. The van der Waals surface area contributed by atoms with Crippen LogP contribution in [0.1, 0.15) is 15.9 Å². The van der Waals surface area contributed by atoms with Crippen LogP contribution in [0.4, 0.5) is 5.69 Å². The second-order valence-corrected chi connectivity index (χ2v) is 4.68. The largest absolute Gasteiger partial charge is 0.289 e. The predicted octanol–water partition coefficient (Wildman–Crippen LogP) is 3.23. The maximum atomic E-state index is 11.1. The summed E-state index contributed by atoms with van der Waals surface area (Å²) in [4.78, 5) is 11.1. The molecule has 16 heavy (non-hydrogen) atoms. The van der Waals surface area contributed by atoms with Gasteiger partial charge in [-0.1, -0.05) is 23.2 Å². The maximum Gasteiger partial charge on any atom is 0.259 e. The number of carbonyl (C=O) groups is 1. The lowest BCUT2D eigenvalue weighted by Crippen LogP contribution is -2.08. The normalized spacial score (nSPS) is 12.3.